The number of hydrogen-bond acceptors (Lipinski definition) is 6. The van der Waals surface area contributed by atoms with E-state index >= 15 is 0 Å². The highest BCUT2D eigenvalue weighted by Gasteiger charge is 2.33. The number of hydrogen-bond donors (Lipinski definition) is 2. The van der Waals surface area contributed by atoms with E-state index in [1.807, 2.05) is 41.3 Å². The number of aliphatic carboxylic acids is 1. The number of alkyl carbamates (subject to hydrolysis) is 1. The standard InChI is InChI=1S/C26H31N3O6/c1-17(25(31)32)28-11-13-29(14-12-28)24(30)23(16-34-2)27-26(33)35-15-22-20-9-5-3-7-18(20)19-8-4-6-10-21(19)22/h3-10,17,22-23H,11-16H2,1-2H3,(H,27,33)(H,31,32). The second-order valence-electron chi connectivity index (χ2n) is 8.85. The lowest BCUT2D eigenvalue weighted by molar-refractivity contribution is -0.144. The Labute approximate surface area is 204 Å². The Morgan fingerprint density at radius 3 is 2.11 bits per heavy atom. The summed E-state index contributed by atoms with van der Waals surface area (Å²) in [5.74, 6) is -1.24. The number of nitrogens with one attached hydrogen (secondary N) is 1. The molecule has 1 fully saturated rings. The lowest BCUT2D eigenvalue weighted by Crippen LogP contribution is -2.58. The summed E-state index contributed by atoms with van der Waals surface area (Å²) < 4.78 is 10.8. The van der Waals surface area contributed by atoms with Crippen LogP contribution in [0.5, 0.6) is 0 Å². The van der Waals surface area contributed by atoms with E-state index in [1.54, 1.807) is 11.8 Å². The Morgan fingerprint density at radius 1 is 1.00 bits per heavy atom. The minimum Gasteiger partial charge on any atom is -0.480 e. The van der Waals surface area contributed by atoms with Crippen LogP contribution in [0.25, 0.3) is 11.1 Å². The average Bonchev–Trinajstić information content (AvgIpc) is 3.20. The Bertz CT molecular complexity index is 1040. The first-order valence-electron chi connectivity index (χ1n) is 11.8. The topological polar surface area (TPSA) is 108 Å². The molecule has 2 amide bonds. The first-order valence-corrected chi connectivity index (χ1v) is 11.8. The van der Waals surface area contributed by atoms with E-state index in [0.717, 1.165) is 22.3 Å². The van der Waals surface area contributed by atoms with Crippen molar-refractivity contribution in [3.05, 3.63) is 59.7 Å². The Balaban J connectivity index is 1.35. The second-order valence-corrected chi connectivity index (χ2v) is 8.85. The molecule has 0 bridgehead atoms. The van der Waals surface area contributed by atoms with Crippen molar-refractivity contribution < 1.29 is 29.0 Å². The fourth-order valence-corrected chi connectivity index (χ4v) is 4.83. The van der Waals surface area contributed by atoms with Crippen molar-refractivity contribution in [3.63, 3.8) is 0 Å². The van der Waals surface area contributed by atoms with Gasteiger partial charge in [-0.3, -0.25) is 14.5 Å². The molecule has 2 N–H and O–H groups in total. The van der Waals surface area contributed by atoms with E-state index in [9.17, 15) is 19.5 Å². The minimum absolute atomic E-state index is 0.00870. The number of carbonyl (C=O) groups is 3. The summed E-state index contributed by atoms with van der Waals surface area (Å²) in [6, 6.07) is 14.7. The van der Waals surface area contributed by atoms with Crippen LogP contribution in [-0.4, -0.2) is 91.5 Å². The first-order chi connectivity index (χ1) is 16.9. The van der Waals surface area contributed by atoms with Crippen LogP contribution < -0.4 is 5.32 Å². The molecule has 0 spiro atoms. The van der Waals surface area contributed by atoms with Gasteiger partial charge in [-0.1, -0.05) is 48.5 Å². The largest absolute Gasteiger partial charge is 0.480 e. The molecule has 2 aliphatic rings. The van der Waals surface area contributed by atoms with Crippen molar-refractivity contribution in [2.45, 2.75) is 24.9 Å². The van der Waals surface area contributed by atoms with Gasteiger partial charge in [-0.2, -0.15) is 0 Å². The van der Waals surface area contributed by atoms with E-state index in [4.69, 9.17) is 9.47 Å². The third-order valence-electron chi connectivity index (χ3n) is 6.80. The lowest BCUT2D eigenvalue weighted by Gasteiger charge is -2.37. The molecule has 0 radical (unpaired) electrons. The number of amides is 2. The highest BCUT2D eigenvalue weighted by atomic mass is 16.5. The maximum atomic E-state index is 13.1. The van der Waals surface area contributed by atoms with Crippen LogP contribution in [0.1, 0.15) is 24.0 Å². The van der Waals surface area contributed by atoms with Crippen molar-refractivity contribution >= 4 is 18.0 Å². The van der Waals surface area contributed by atoms with E-state index in [-0.39, 0.29) is 25.0 Å². The predicted molar refractivity (Wildman–Crippen MR) is 129 cm³/mol. The van der Waals surface area contributed by atoms with Gasteiger partial charge in [0.05, 0.1) is 6.61 Å². The fraction of sp³-hybridized carbons (Fsp3) is 0.423. The molecular weight excluding hydrogens is 450 g/mol. The van der Waals surface area contributed by atoms with Crippen LogP contribution in [0.4, 0.5) is 4.79 Å². The molecule has 35 heavy (non-hydrogen) atoms. The van der Waals surface area contributed by atoms with Gasteiger partial charge in [-0.05, 0) is 29.2 Å². The molecule has 1 aliphatic carbocycles. The van der Waals surface area contributed by atoms with Crippen LogP contribution >= 0.6 is 0 Å². The molecular formula is C26H31N3O6. The summed E-state index contributed by atoms with van der Waals surface area (Å²) in [5.41, 5.74) is 4.50. The first kappa shape index (κ1) is 24.7. The fourth-order valence-electron chi connectivity index (χ4n) is 4.83. The maximum Gasteiger partial charge on any atom is 0.407 e. The molecule has 2 atom stereocenters. The van der Waals surface area contributed by atoms with Crippen LogP contribution in [0.3, 0.4) is 0 Å². The summed E-state index contributed by atoms with van der Waals surface area (Å²) in [7, 11) is 1.46. The van der Waals surface area contributed by atoms with Gasteiger partial charge < -0.3 is 24.8 Å². The van der Waals surface area contributed by atoms with Crippen LogP contribution in [0, 0.1) is 0 Å². The molecule has 9 nitrogen and oxygen atoms in total. The summed E-state index contributed by atoms with van der Waals surface area (Å²) in [6.07, 6.45) is -0.680. The van der Waals surface area contributed by atoms with Crippen LogP contribution in [0.15, 0.2) is 48.5 Å². The number of benzene rings is 2. The zero-order valence-electron chi connectivity index (χ0n) is 20.0. The number of piperazine rings is 1. The minimum atomic E-state index is -0.890. The molecule has 0 aromatic heterocycles. The number of carbonyl (C=O) groups excluding carboxylic acids is 2. The number of carboxylic acid groups (broad SMARTS) is 1. The highest BCUT2D eigenvalue weighted by molar-refractivity contribution is 5.86. The zero-order chi connectivity index (χ0) is 24.9. The molecule has 2 aromatic rings. The molecule has 1 saturated heterocycles. The van der Waals surface area contributed by atoms with E-state index in [1.165, 1.54) is 7.11 Å². The molecule has 186 valence electrons. The number of rotatable bonds is 8. The smallest absolute Gasteiger partial charge is 0.407 e. The second kappa shape index (κ2) is 10.9. The van der Waals surface area contributed by atoms with Crippen molar-refractivity contribution in [2.75, 3.05) is 46.5 Å². The summed E-state index contributed by atoms with van der Waals surface area (Å²) in [6.45, 7) is 3.44. The average molecular weight is 482 g/mol. The van der Waals surface area contributed by atoms with Gasteiger partial charge in [0.2, 0.25) is 5.91 Å². The Hall–Kier alpha value is -3.43. The van der Waals surface area contributed by atoms with Gasteiger partial charge in [0, 0.05) is 39.2 Å². The zero-order valence-corrected chi connectivity index (χ0v) is 20.0. The SMILES string of the molecule is COCC(NC(=O)OCC1c2ccccc2-c2ccccc21)C(=O)N1CCN(C(C)C(=O)O)CC1. The third kappa shape index (κ3) is 5.31. The molecule has 4 rings (SSSR count). The molecule has 1 aliphatic heterocycles. The number of nitrogens with zero attached hydrogens (tertiary/aromatic N) is 2. The van der Waals surface area contributed by atoms with Crippen molar-refractivity contribution in [1.82, 2.24) is 15.1 Å². The number of methoxy groups -OCH3 is 1. The van der Waals surface area contributed by atoms with Gasteiger partial charge in [-0.25, -0.2) is 4.79 Å². The van der Waals surface area contributed by atoms with Gasteiger partial charge in [0.1, 0.15) is 18.7 Å². The quantitative estimate of drug-likeness (QED) is 0.595. The van der Waals surface area contributed by atoms with Crippen LogP contribution in [0.2, 0.25) is 0 Å². The van der Waals surface area contributed by atoms with Gasteiger partial charge in [0.15, 0.2) is 0 Å². The Kier molecular flexibility index (Phi) is 7.67. The van der Waals surface area contributed by atoms with Gasteiger partial charge in [0.25, 0.3) is 0 Å². The predicted octanol–water partition coefficient (Wildman–Crippen LogP) is 2.16. The normalized spacial score (nSPS) is 17.3. The third-order valence-corrected chi connectivity index (χ3v) is 6.80. The summed E-state index contributed by atoms with van der Waals surface area (Å²) in [4.78, 5) is 40.4. The summed E-state index contributed by atoms with van der Waals surface area (Å²) in [5, 5.41) is 11.9. The molecule has 2 unspecified atom stereocenters. The van der Waals surface area contributed by atoms with Crippen molar-refractivity contribution in [2.24, 2.45) is 0 Å². The van der Waals surface area contributed by atoms with E-state index in [2.05, 4.69) is 17.4 Å². The van der Waals surface area contributed by atoms with Crippen molar-refractivity contribution in [1.29, 1.82) is 0 Å². The Morgan fingerprint density at radius 2 is 1.57 bits per heavy atom. The van der Waals surface area contributed by atoms with E-state index in [0.29, 0.717) is 26.2 Å². The molecule has 0 saturated carbocycles. The maximum absolute atomic E-state index is 13.1. The molecule has 2 aromatic carbocycles. The molecule has 9 heteroatoms. The number of fused-ring (bicyclic) bond motifs is 3. The van der Waals surface area contributed by atoms with Gasteiger partial charge >= 0.3 is 12.1 Å². The molecule has 1 heterocycles. The lowest BCUT2D eigenvalue weighted by atomic mass is 9.98. The highest BCUT2D eigenvalue weighted by Crippen LogP contribution is 2.44. The number of carboxylic acids is 1. The number of ether oxygens (including phenoxy) is 2. The monoisotopic (exact) mass is 481 g/mol. The van der Waals surface area contributed by atoms with Crippen LogP contribution in [-0.2, 0) is 19.1 Å². The van der Waals surface area contributed by atoms with Crippen molar-refractivity contribution in [3.8, 4) is 11.1 Å². The van der Waals surface area contributed by atoms with Gasteiger partial charge in [-0.15, -0.1) is 0 Å². The van der Waals surface area contributed by atoms with E-state index < -0.39 is 24.1 Å². The summed E-state index contributed by atoms with van der Waals surface area (Å²) >= 11 is 0.